The average Bonchev–Trinajstić information content (AvgIpc) is 2.75. The zero-order chi connectivity index (χ0) is 14.0. The van der Waals surface area contributed by atoms with E-state index in [-0.39, 0.29) is 10.9 Å². The van der Waals surface area contributed by atoms with E-state index in [0.717, 1.165) is 0 Å². The van der Waals surface area contributed by atoms with E-state index >= 15 is 0 Å². The highest BCUT2D eigenvalue weighted by atomic mass is 35.5. The second kappa shape index (κ2) is 5.42. The normalized spacial score (nSPS) is 10.2. The number of carbonyl (C=O) groups is 1. The standard InChI is InChI=1S/C13H11ClN2O2S/c1-7-9(4-5-18-7)13(17)16-11-6-8(14)2-3-10(11)12(15)19/h2-6H,1H3,(H2,15,19)(H,16,17). The Bertz CT molecular complexity index is 652. The molecule has 0 atom stereocenters. The SMILES string of the molecule is Cc1occc1C(=O)Nc1cc(Cl)ccc1C(N)=S. The molecule has 98 valence electrons. The fraction of sp³-hybridized carbons (Fsp3) is 0.0769. The van der Waals surface area contributed by atoms with Gasteiger partial charge < -0.3 is 15.5 Å². The summed E-state index contributed by atoms with van der Waals surface area (Å²) in [7, 11) is 0. The first kappa shape index (κ1) is 13.6. The van der Waals surface area contributed by atoms with Crippen molar-refractivity contribution in [2.24, 2.45) is 5.73 Å². The summed E-state index contributed by atoms with van der Waals surface area (Å²) in [6, 6.07) is 6.52. The van der Waals surface area contributed by atoms with Gasteiger partial charge in [0, 0.05) is 10.6 Å². The Morgan fingerprint density at radius 2 is 2.11 bits per heavy atom. The van der Waals surface area contributed by atoms with Crippen molar-refractivity contribution in [2.75, 3.05) is 5.32 Å². The summed E-state index contributed by atoms with van der Waals surface area (Å²) >= 11 is 10.8. The van der Waals surface area contributed by atoms with Gasteiger partial charge >= 0.3 is 0 Å². The first-order valence-electron chi connectivity index (χ1n) is 5.44. The minimum absolute atomic E-state index is 0.191. The third kappa shape index (κ3) is 2.94. The molecule has 1 amide bonds. The first-order chi connectivity index (χ1) is 8.99. The van der Waals surface area contributed by atoms with Crippen LogP contribution in [0, 0.1) is 6.92 Å². The van der Waals surface area contributed by atoms with Gasteiger partial charge in [0.25, 0.3) is 5.91 Å². The summed E-state index contributed by atoms with van der Waals surface area (Å²) in [5, 5.41) is 3.21. The topological polar surface area (TPSA) is 68.3 Å². The minimum atomic E-state index is -0.300. The number of benzene rings is 1. The predicted molar refractivity (Wildman–Crippen MR) is 78.7 cm³/mol. The number of amides is 1. The molecule has 6 heteroatoms. The number of nitrogens with two attached hydrogens (primary N) is 1. The molecule has 2 aromatic rings. The number of nitrogens with one attached hydrogen (secondary N) is 1. The van der Waals surface area contributed by atoms with Gasteiger partial charge in [0.2, 0.25) is 0 Å². The number of carbonyl (C=O) groups excluding carboxylic acids is 1. The molecule has 1 heterocycles. The van der Waals surface area contributed by atoms with Crippen LogP contribution in [-0.4, -0.2) is 10.9 Å². The van der Waals surface area contributed by atoms with Crippen molar-refractivity contribution in [3.63, 3.8) is 0 Å². The molecule has 0 bridgehead atoms. The molecule has 0 unspecified atom stereocenters. The molecule has 2 rings (SSSR count). The summed E-state index contributed by atoms with van der Waals surface area (Å²) < 4.78 is 5.09. The van der Waals surface area contributed by atoms with Crippen molar-refractivity contribution >= 4 is 40.4 Å². The van der Waals surface area contributed by atoms with Crippen LogP contribution >= 0.6 is 23.8 Å². The van der Waals surface area contributed by atoms with Crippen molar-refractivity contribution in [2.45, 2.75) is 6.92 Å². The summed E-state index contributed by atoms with van der Waals surface area (Å²) in [5.41, 5.74) is 7.10. The van der Waals surface area contributed by atoms with Gasteiger partial charge in [-0.15, -0.1) is 0 Å². The number of hydrogen-bond acceptors (Lipinski definition) is 3. The van der Waals surface area contributed by atoms with Gasteiger partial charge in [-0.1, -0.05) is 23.8 Å². The van der Waals surface area contributed by atoms with Crippen LogP contribution in [0.25, 0.3) is 0 Å². The molecule has 4 nitrogen and oxygen atoms in total. The van der Waals surface area contributed by atoms with Crippen molar-refractivity contribution in [3.05, 3.63) is 52.4 Å². The fourth-order valence-electron chi connectivity index (χ4n) is 1.64. The van der Waals surface area contributed by atoms with E-state index in [9.17, 15) is 4.79 Å². The fourth-order valence-corrected chi connectivity index (χ4v) is 2.00. The van der Waals surface area contributed by atoms with E-state index in [1.165, 1.54) is 6.26 Å². The Labute approximate surface area is 120 Å². The zero-order valence-corrected chi connectivity index (χ0v) is 11.6. The molecule has 0 spiro atoms. The van der Waals surface area contributed by atoms with E-state index in [1.54, 1.807) is 31.2 Å². The first-order valence-corrected chi connectivity index (χ1v) is 6.22. The molecule has 3 N–H and O–H groups in total. The smallest absolute Gasteiger partial charge is 0.259 e. The number of aryl methyl sites for hydroxylation is 1. The highest BCUT2D eigenvalue weighted by Crippen LogP contribution is 2.22. The van der Waals surface area contributed by atoms with Gasteiger partial charge in [-0.05, 0) is 31.2 Å². The summed E-state index contributed by atoms with van der Waals surface area (Å²) in [6.07, 6.45) is 1.46. The van der Waals surface area contributed by atoms with E-state index in [1.807, 2.05) is 0 Å². The number of halogens is 1. The summed E-state index contributed by atoms with van der Waals surface area (Å²) in [6.45, 7) is 1.71. The number of hydrogen-bond donors (Lipinski definition) is 2. The second-order valence-corrected chi connectivity index (χ2v) is 4.78. The van der Waals surface area contributed by atoms with E-state index < -0.39 is 0 Å². The molecular formula is C13H11ClN2O2S. The van der Waals surface area contributed by atoms with Gasteiger partial charge in [0.15, 0.2) is 0 Å². The lowest BCUT2D eigenvalue weighted by Gasteiger charge is -2.10. The zero-order valence-electron chi connectivity index (χ0n) is 10.1. The van der Waals surface area contributed by atoms with E-state index in [4.69, 9.17) is 34.0 Å². The Hall–Kier alpha value is -1.85. The van der Waals surface area contributed by atoms with Gasteiger partial charge in [-0.25, -0.2) is 0 Å². The number of anilines is 1. The molecule has 1 aromatic carbocycles. The molecule has 0 aliphatic heterocycles. The van der Waals surface area contributed by atoms with Crippen LogP contribution in [0.4, 0.5) is 5.69 Å². The average molecular weight is 295 g/mol. The number of rotatable bonds is 3. The highest BCUT2D eigenvalue weighted by molar-refractivity contribution is 7.80. The molecule has 0 radical (unpaired) electrons. The second-order valence-electron chi connectivity index (χ2n) is 3.90. The Morgan fingerprint density at radius 3 is 2.68 bits per heavy atom. The minimum Gasteiger partial charge on any atom is -0.469 e. The Kier molecular flexibility index (Phi) is 3.87. The maximum atomic E-state index is 12.1. The molecule has 0 saturated heterocycles. The predicted octanol–water partition coefficient (Wildman–Crippen LogP) is 3.13. The van der Waals surface area contributed by atoms with Crippen LogP contribution in [0.2, 0.25) is 5.02 Å². The Balaban J connectivity index is 2.33. The maximum Gasteiger partial charge on any atom is 0.259 e. The lowest BCUT2D eigenvalue weighted by atomic mass is 10.1. The van der Waals surface area contributed by atoms with Crippen LogP contribution in [-0.2, 0) is 0 Å². The molecule has 0 saturated carbocycles. The van der Waals surface area contributed by atoms with Crippen molar-refractivity contribution in [1.82, 2.24) is 0 Å². The van der Waals surface area contributed by atoms with Crippen molar-refractivity contribution < 1.29 is 9.21 Å². The molecule has 1 aromatic heterocycles. The van der Waals surface area contributed by atoms with Crippen molar-refractivity contribution in [1.29, 1.82) is 0 Å². The summed E-state index contributed by atoms with van der Waals surface area (Å²) in [5.74, 6) is 0.238. The maximum absolute atomic E-state index is 12.1. The number of thiocarbonyl (C=S) groups is 1. The van der Waals surface area contributed by atoms with Crippen molar-refractivity contribution in [3.8, 4) is 0 Å². The van der Waals surface area contributed by atoms with Crippen LogP contribution in [0.1, 0.15) is 21.7 Å². The van der Waals surface area contributed by atoms with Gasteiger partial charge in [0.05, 0.1) is 17.5 Å². The molecule has 0 aliphatic rings. The molecule has 19 heavy (non-hydrogen) atoms. The van der Waals surface area contributed by atoms with Gasteiger partial charge in [-0.2, -0.15) is 0 Å². The van der Waals surface area contributed by atoms with Crippen LogP contribution in [0.5, 0.6) is 0 Å². The molecular weight excluding hydrogens is 284 g/mol. The largest absolute Gasteiger partial charge is 0.469 e. The van der Waals surface area contributed by atoms with Crippen LogP contribution < -0.4 is 11.1 Å². The Morgan fingerprint density at radius 1 is 1.37 bits per heavy atom. The van der Waals surface area contributed by atoms with E-state index in [2.05, 4.69) is 5.32 Å². The van der Waals surface area contributed by atoms with Crippen LogP contribution in [0.3, 0.4) is 0 Å². The highest BCUT2D eigenvalue weighted by Gasteiger charge is 2.14. The number of furan rings is 1. The molecule has 0 aliphatic carbocycles. The third-order valence-electron chi connectivity index (χ3n) is 2.60. The van der Waals surface area contributed by atoms with Gasteiger partial charge in [0.1, 0.15) is 10.7 Å². The van der Waals surface area contributed by atoms with Crippen LogP contribution in [0.15, 0.2) is 34.9 Å². The third-order valence-corrected chi connectivity index (χ3v) is 3.05. The van der Waals surface area contributed by atoms with Gasteiger partial charge in [-0.3, -0.25) is 4.79 Å². The quantitative estimate of drug-likeness (QED) is 0.854. The monoisotopic (exact) mass is 294 g/mol. The lowest BCUT2D eigenvalue weighted by molar-refractivity contribution is 0.102. The van der Waals surface area contributed by atoms with E-state index in [0.29, 0.717) is 27.6 Å². The molecule has 0 fully saturated rings. The lowest BCUT2D eigenvalue weighted by Crippen LogP contribution is -2.17. The summed E-state index contributed by atoms with van der Waals surface area (Å²) in [4.78, 5) is 12.3.